The van der Waals surface area contributed by atoms with Gasteiger partial charge in [-0.15, -0.1) is 0 Å². The van der Waals surface area contributed by atoms with Crippen LogP contribution < -0.4 is 5.73 Å². The lowest BCUT2D eigenvalue weighted by Crippen LogP contribution is -2.14. The monoisotopic (exact) mass is 197 g/mol. The first-order valence-electron chi connectivity index (χ1n) is 4.12. The fourth-order valence-corrected chi connectivity index (χ4v) is 2.60. The van der Waals surface area contributed by atoms with Crippen molar-refractivity contribution in [1.29, 1.82) is 0 Å². The van der Waals surface area contributed by atoms with Crippen LogP contribution in [0.4, 0.5) is 0 Å². The van der Waals surface area contributed by atoms with Gasteiger partial charge in [-0.1, -0.05) is 0 Å². The number of carbonyl (C=O) groups excluding carboxylic acids is 1. The second-order valence-electron chi connectivity index (χ2n) is 3.06. The van der Waals surface area contributed by atoms with E-state index in [1.54, 1.807) is 4.68 Å². The number of rotatable bonds is 1. The molecule has 1 amide bonds. The fraction of sp³-hybridized carbons (Fsp3) is 0.500. The van der Waals surface area contributed by atoms with E-state index in [1.807, 2.05) is 18.8 Å². The molecule has 1 aromatic heterocycles. The van der Waals surface area contributed by atoms with Gasteiger partial charge in [0.25, 0.3) is 5.91 Å². The largest absolute Gasteiger partial charge is 0.364 e. The van der Waals surface area contributed by atoms with Gasteiger partial charge < -0.3 is 5.73 Å². The summed E-state index contributed by atoms with van der Waals surface area (Å²) in [4.78, 5) is 11.0. The normalized spacial score (nSPS) is 15.5. The third-order valence-corrected chi connectivity index (χ3v) is 3.22. The van der Waals surface area contributed by atoms with E-state index < -0.39 is 5.91 Å². The molecule has 2 heterocycles. The van der Waals surface area contributed by atoms with Crippen LogP contribution in [0.2, 0.25) is 0 Å². The molecule has 2 rings (SSSR count). The summed E-state index contributed by atoms with van der Waals surface area (Å²) >= 11 is 1.82. The topological polar surface area (TPSA) is 60.9 Å². The Bertz CT molecular complexity index is 359. The molecule has 0 fully saturated rings. The summed E-state index contributed by atoms with van der Waals surface area (Å²) in [6, 6.07) is 0. The molecule has 0 radical (unpaired) electrons. The predicted molar refractivity (Wildman–Crippen MR) is 51.6 cm³/mol. The number of nitrogens with two attached hydrogens (primary N) is 1. The number of thioether (sulfide) groups is 1. The predicted octanol–water partition coefficient (Wildman–Crippen LogP) is 0.308. The Morgan fingerprint density at radius 3 is 3.15 bits per heavy atom. The zero-order valence-corrected chi connectivity index (χ0v) is 8.23. The van der Waals surface area contributed by atoms with Gasteiger partial charge in [0.2, 0.25) is 0 Å². The van der Waals surface area contributed by atoms with Crippen molar-refractivity contribution in [2.24, 2.45) is 12.8 Å². The molecule has 0 atom stereocenters. The molecule has 5 heteroatoms. The lowest BCUT2D eigenvalue weighted by molar-refractivity contribution is 0.0994. The number of nitrogens with zero attached hydrogens (tertiary/aromatic N) is 2. The molecule has 13 heavy (non-hydrogen) atoms. The van der Waals surface area contributed by atoms with E-state index >= 15 is 0 Å². The number of carbonyl (C=O) groups is 1. The fourth-order valence-electron chi connectivity index (χ4n) is 1.61. The Kier molecular flexibility index (Phi) is 2.03. The van der Waals surface area contributed by atoms with E-state index in [4.69, 9.17) is 5.73 Å². The summed E-state index contributed by atoms with van der Waals surface area (Å²) in [6.07, 6.45) is 0.983. The standard InChI is InChI=1S/C8H11N3OS/c1-11-6-2-3-13-4-5(6)7(10-11)8(9)12/h2-4H2,1H3,(H2,9,12). The average molecular weight is 197 g/mol. The van der Waals surface area contributed by atoms with Crippen LogP contribution >= 0.6 is 11.8 Å². The van der Waals surface area contributed by atoms with Gasteiger partial charge in [0.15, 0.2) is 5.69 Å². The molecule has 0 bridgehead atoms. The van der Waals surface area contributed by atoms with Crippen LogP contribution in [0, 0.1) is 0 Å². The first kappa shape index (κ1) is 8.62. The maximum absolute atomic E-state index is 11.0. The molecule has 0 saturated heterocycles. The Morgan fingerprint density at radius 1 is 1.69 bits per heavy atom. The highest BCUT2D eigenvalue weighted by atomic mass is 32.2. The summed E-state index contributed by atoms with van der Waals surface area (Å²) in [5.41, 5.74) is 7.87. The maximum atomic E-state index is 11.0. The second kappa shape index (κ2) is 3.06. The maximum Gasteiger partial charge on any atom is 0.269 e. The first-order valence-corrected chi connectivity index (χ1v) is 5.28. The number of aromatic nitrogens is 2. The molecule has 0 spiro atoms. The first-order chi connectivity index (χ1) is 6.20. The second-order valence-corrected chi connectivity index (χ2v) is 4.17. The van der Waals surface area contributed by atoms with Crippen molar-refractivity contribution < 1.29 is 4.79 Å². The molecule has 70 valence electrons. The molecule has 2 N–H and O–H groups in total. The zero-order valence-electron chi connectivity index (χ0n) is 7.41. The van der Waals surface area contributed by atoms with Gasteiger partial charge in [0, 0.05) is 24.1 Å². The Hall–Kier alpha value is -0.970. The van der Waals surface area contributed by atoms with Gasteiger partial charge in [-0.05, 0) is 12.2 Å². The molecule has 1 aromatic rings. The summed E-state index contributed by atoms with van der Waals surface area (Å²) in [5.74, 6) is 1.55. The number of hydrogen-bond donors (Lipinski definition) is 1. The number of amides is 1. The van der Waals surface area contributed by atoms with Crippen molar-refractivity contribution in [3.8, 4) is 0 Å². The number of aryl methyl sites for hydroxylation is 1. The highest BCUT2D eigenvalue weighted by Crippen LogP contribution is 2.26. The van der Waals surface area contributed by atoms with Gasteiger partial charge in [-0.3, -0.25) is 9.48 Å². The van der Waals surface area contributed by atoms with E-state index in [9.17, 15) is 4.79 Å². The summed E-state index contributed by atoms with van der Waals surface area (Å²) in [6.45, 7) is 0. The van der Waals surface area contributed by atoms with Crippen molar-refractivity contribution in [2.45, 2.75) is 12.2 Å². The summed E-state index contributed by atoms with van der Waals surface area (Å²) < 4.78 is 1.77. The minimum Gasteiger partial charge on any atom is -0.364 e. The van der Waals surface area contributed by atoms with Gasteiger partial charge in [0.05, 0.1) is 0 Å². The smallest absolute Gasteiger partial charge is 0.269 e. The van der Waals surface area contributed by atoms with Crippen LogP contribution in [-0.2, 0) is 19.2 Å². The van der Waals surface area contributed by atoms with Crippen molar-refractivity contribution in [2.75, 3.05) is 5.75 Å². The highest BCUT2D eigenvalue weighted by molar-refractivity contribution is 7.98. The SMILES string of the molecule is Cn1nc(C(N)=O)c2c1CCSC2. The molecule has 0 saturated carbocycles. The molecule has 4 nitrogen and oxygen atoms in total. The zero-order chi connectivity index (χ0) is 9.42. The van der Waals surface area contributed by atoms with E-state index in [0.29, 0.717) is 5.69 Å². The van der Waals surface area contributed by atoms with Crippen molar-refractivity contribution in [1.82, 2.24) is 9.78 Å². The molecule has 1 aliphatic rings. The number of primary amides is 1. The minimum atomic E-state index is -0.417. The lowest BCUT2D eigenvalue weighted by Gasteiger charge is -2.11. The third-order valence-electron chi connectivity index (χ3n) is 2.24. The Balaban J connectivity index is 2.53. The minimum absolute atomic E-state index is 0.417. The van der Waals surface area contributed by atoms with E-state index in [0.717, 1.165) is 29.2 Å². The Labute approximate surface area is 80.5 Å². The Morgan fingerprint density at radius 2 is 2.46 bits per heavy atom. The quantitative estimate of drug-likeness (QED) is 0.704. The van der Waals surface area contributed by atoms with Crippen LogP contribution in [0.5, 0.6) is 0 Å². The molecule has 1 aliphatic heterocycles. The van der Waals surface area contributed by atoms with Crippen LogP contribution in [-0.4, -0.2) is 21.4 Å². The van der Waals surface area contributed by atoms with E-state index in [-0.39, 0.29) is 0 Å². The van der Waals surface area contributed by atoms with Gasteiger partial charge in [0.1, 0.15) is 0 Å². The third kappa shape index (κ3) is 1.33. The summed E-state index contributed by atoms with van der Waals surface area (Å²) in [5, 5.41) is 4.12. The summed E-state index contributed by atoms with van der Waals surface area (Å²) in [7, 11) is 1.86. The highest BCUT2D eigenvalue weighted by Gasteiger charge is 2.21. The molecular formula is C8H11N3OS. The van der Waals surface area contributed by atoms with Gasteiger partial charge >= 0.3 is 0 Å². The molecule has 0 aromatic carbocycles. The van der Waals surface area contributed by atoms with E-state index in [2.05, 4.69) is 5.10 Å². The molecule has 0 aliphatic carbocycles. The van der Waals surface area contributed by atoms with Crippen LogP contribution in [0.25, 0.3) is 0 Å². The van der Waals surface area contributed by atoms with Crippen LogP contribution in [0.15, 0.2) is 0 Å². The molecule has 0 unspecified atom stereocenters. The average Bonchev–Trinajstić information content (AvgIpc) is 2.45. The number of hydrogen-bond acceptors (Lipinski definition) is 3. The van der Waals surface area contributed by atoms with Crippen LogP contribution in [0.3, 0.4) is 0 Å². The van der Waals surface area contributed by atoms with Crippen molar-refractivity contribution in [3.05, 3.63) is 17.0 Å². The van der Waals surface area contributed by atoms with Gasteiger partial charge in [-0.25, -0.2) is 0 Å². The van der Waals surface area contributed by atoms with Crippen molar-refractivity contribution >= 4 is 17.7 Å². The molecular weight excluding hydrogens is 186 g/mol. The van der Waals surface area contributed by atoms with Crippen LogP contribution in [0.1, 0.15) is 21.7 Å². The lowest BCUT2D eigenvalue weighted by atomic mass is 10.1. The van der Waals surface area contributed by atoms with E-state index in [1.165, 1.54) is 0 Å². The number of fused-ring (bicyclic) bond motifs is 1. The van der Waals surface area contributed by atoms with Crippen molar-refractivity contribution in [3.63, 3.8) is 0 Å². The van der Waals surface area contributed by atoms with Gasteiger partial charge in [-0.2, -0.15) is 16.9 Å².